The lowest BCUT2D eigenvalue weighted by Crippen LogP contribution is -2.20. The molecule has 0 saturated carbocycles. The Bertz CT molecular complexity index is 787. The van der Waals surface area contributed by atoms with Crippen molar-refractivity contribution < 1.29 is 14.3 Å². The van der Waals surface area contributed by atoms with Gasteiger partial charge in [-0.25, -0.2) is 4.39 Å². The van der Waals surface area contributed by atoms with Crippen molar-refractivity contribution in [3.8, 4) is 11.8 Å². The molecule has 5 nitrogen and oxygen atoms in total. The molecule has 0 atom stereocenters. The molecule has 0 aliphatic heterocycles. The van der Waals surface area contributed by atoms with Crippen LogP contribution in [0.3, 0.4) is 0 Å². The van der Waals surface area contributed by atoms with Gasteiger partial charge in [-0.1, -0.05) is 11.8 Å². The summed E-state index contributed by atoms with van der Waals surface area (Å²) in [6, 6.07) is 5.15. The van der Waals surface area contributed by atoms with Gasteiger partial charge in [-0.2, -0.15) is 0 Å². The number of aromatic amines is 1. The van der Waals surface area contributed by atoms with Crippen LogP contribution < -0.4 is 10.7 Å². The number of carbonyl (C=O) groups excluding carboxylic acids is 1. The van der Waals surface area contributed by atoms with E-state index >= 15 is 0 Å². The highest BCUT2D eigenvalue weighted by Gasteiger charge is 2.10. The van der Waals surface area contributed by atoms with Crippen LogP contribution in [-0.2, 0) is 0 Å². The average Bonchev–Trinajstić information content (AvgIpc) is 2.47. The van der Waals surface area contributed by atoms with E-state index in [9.17, 15) is 14.0 Å². The third-order valence-electron chi connectivity index (χ3n) is 2.60. The molecule has 0 unspecified atom stereocenters. The molecule has 106 valence electrons. The highest BCUT2D eigenvalue weighted by Crippen LogP contribution is 2.14. The Morgan fingerprint density at radius 1 is 1.38 bits per heavy atom. The Morgan fingerprint density at radius 2 is 2.19 bits per heavy atom. The summed E-state index contributed by atoms with van der Waals surface area (Å²) in [5.41, 5.74) is -0.186. The maximum Gasteiger partial charge on any atom is 0.261 e. The van der Waals surface area contributed by atoms with Gasteiger partial charge in [0.1, 0.15) is 18.0 Å². The first-order valence-corrected chi connectivity index (χ1v) is 5.99. The Hall–Kier alpha value is -2.91. The quantitative estimate of drug-likeness (QED) is 0.723. The van der Waals surface area contributed by atoms with Gasteiger partial charge >= 0.3 is 0 Å². The van der Waals surface area contributed by atoms with Gasteiger partial charge in [-0.15, -0.1) is 0 Å². The highest BCUT2D eigenvalue weighted by molar-refractivity contribution is 6.03. The summed E-state index contributed by atoms with van der Waals surface area (Å²) in [6.45, 7) is -0.366. The van der Waals surface area contributed by atoms with E-state index in [1.165, 1.54) is 30.6 Å². The molecule has 2 rings (SSSR count). The highest BCUT2D eigenvalue weighted by atomic mass is 19.1. The van der Waals surface area contributed by atoms with Gasteiger partial charge < -0.3 is 15.4 Å². The van der Waals surface area contributed by atoms with Crippen molar-refractivity contribution in [2.24, 2.45) is 0 Å². The van der Waals surface area contributed by atoms with E-state index < -0.39 is 17.2 Å². The molecule has 0 fully saturated rings. The van der Waals surface area contributed by atoms with Gasteiger partial charge in [0.15, 0.2) is 5.43 Å². The number of anilines is 1. The monoisotopic (exact) mass is 286 g/mol. The van der Waals surface area contributed by atoms with Crippen LogP contribution in [0.4, 0.5) is 10.1 Å². The number of hydrogen-bond donors (Lipinski definition) is 3. The number of benzene rings is 1. The average molecular weight is 286 g/mol. The molecule has 1 amide bonds. The van der Waals surface area contributed by atoms with Crippen molar-refractivity contribution in [1.29, 1.82) is 0 Å². The third kappa shape index (κ3) is 3.55. The van der Waals surface area contributed by atoms with E-state index in [2.05, 4.69) is 22.1 Å². The van der Waals surface area contributed by atoms with E-state index in [0.29, 0.717) is 0 Å². The number of pyridine rings is 1. The summed E-state index contributed by atoms with van der Waals surface area (Å²) in [5, 5.41) is 11.0. The molecule has 0 aliphatic rings. The van der Waals surface area contributed by atoms with Crippen molar-refractivity contribution in [1.82, 2.24) is 4.98 Å². The molecular formula is C15H11FN2O3. The lowest BCUT2D eigenvalue weighted by molar-refractivity contribution is 0.102. The molecule has 1 heterocycles. The van der Waals surface area contributed by atoms with Crippen LogP contribution in [0.15, 0.2) is 41.5 Å². The van der Waals surface area contributed by atoms with Crippen LogP contribution >= 0.6 is 0 Å². The van der Waals surface area contributed by atoms with Crippen molar-refractivity contribution in [2.75, 3.05) is 11.9 Å². The third-order valence-corrected chi connectivity index (χ3v) is 2.60. The summed E-state index contributed by atoms with van der Waals surface area (Å²) < 4.78 is 13.7. The fraction of sp³-hybridized carbons (Fsp3) is 0.0667. The number of amides is 1. The Labute approximate surface area is 119 Å². The largest absolute Gasteiger partial charge is 0.384 e. The zero-order chi connectivity index (χ0) is 15.2. The van der Waals surface area contributed by atoms with Crippen LogP contribution in [0, 0.1) is 17.7 Å². The van der Waals surface area contributed by atoms with Crippen molar-refractivity contribution >= 4 is 11.6 Å². The van der Waals surface area contributed by atoms with Crippen molar-refractivity contribution in [3.05, 3.63) is 63.8 Å². The van der Waals surface area contributed by atoms with Crippen LogP contribution in [0.5, 0.6) is 0 Å². The van der Waals surface area contributed by atoms with Gasteiger partial charge in [-0.3, -0.25) is 9.59 Å². The first-order valence-electron chi connectivity index (χ1n) is 5.99. The second kappa shape index (κ2) is 6.50. The van der Waals surface area contributed by atoms with E-state index in [1.54, 1.807) is 0 Å². The lowest BCUT2D eigenvalue weighted by atomic mass is 10.2. The number of nitrogens with one attached hydrogen (secondary N) is 2. The number of rotatable bonds is 2. The number of carbonyl (C=O) groups is 1. The molecule has 0 saturated heterocycles. The fourth-order valence-corrected chi connectivity index (χ4v) is 1.62. The van der Waals surface area contributed by atoms with Crippen molar-refractivity contribution in [3.63, 3.8) is 0 Å². The first-order chi connectivity index (χ1) is 10.1. The van der Waals surface area contributed by atoms with Gasteiger partial charge in [0.25, 0.3) is 5.91 Å². The molecule has 2 aromatic rings. The Kier molecular flexibility index (Phi) is 4.49. The smallest absolute Gasteiger partial charge is 0.261 e. The minimum atomic E-state index is -0.634. The number of aliphatic hydroxyl groups excluding tert-OH is 1. The maximum atomic E-state index is 13.7. The Balaban J connectivity index is 2.21. The van der Waals surface area contributed by atoms with E-state index in [-0.39, 0.29) is 23.4 Å². The standard InChI is InChI=1S/C15H11FN2O3/c16-13-8-11(4-3-10(13)2-1-7-19)18-15(21)12-9-17-6-5-14(12)20/h3-6,8-9,19H,7H2,(H,17,20)(H,18,21). The summed E-state index contributed by atoms with van der Waals surface area (Å²) in [5.74, 6) is 3.51. The van der Waals surface area contributed by atoms with Gasteiger partial charge in [0.2, 0.25) is 0 Å². The van der Waals surface area contributed by atoms with Crippen LogP contribution in [0.1, 0.15) is 15.9 Å². The summed E-state index contributed by atoms with van der Waals surface area (Å²) in [4.78, 5) is 26.0. The molecule has 0 spiro atoms. The number of halogens is 1. The number of aromatic nitrogens is 1. The van der Waals surface area contributed by atoms with Crippen LogP contribution in [0.2, 0.25) is 0 Å². The molecule has 0 radical (unpaired) electrons. The molecule has 1 aromatic carbocycles. The predicted molar refractivity (Wildman–Crippen MR) is 75.4 cm³/mol. The molecule has 21 heavy (non-hydrogen) atoms. The summed E-state index contributed by atoms with van der Waals surface area (Å²) in [7, 11) is 0. The topological polar surface area (TPSA) is 82.2 Å². The first kappa shape index (κ1) is 14.5. The predicted octanol–water partition coefficient (Wildman–Crippen LogP) is 1.11. The second-order valence-electron chi connectivity index (χ2n) is 4.03. The van der Waals surface area contributed by atoms with Gasteiger partial charge in [0, 0.05) is 24.1 Å². The van der Waals surface area contributed by atoms with Crippen LogP contribution in [0.25, 0.3) is 0 Å². The molecule has 6 heteroatoms. The molecule has 0 aliphatic carbocycles. The normalized spacial score (nSPS) is 9.62. The maximum absolute atomic E-state index is 13.7. The Morgan fingerprint density at radius 3 is 2.86 bits per heavy atom. The van der Waals surface area contributed by atoms with E-state index in [0.717, 1.165) is 6.07 Å². The SMILES string of the molecule is O=C(Nc1ccc(C#CCO)c(F)c1)c1c[nH]ccc1=O. The zero-order valence-electron chi connectivity index (χ0n) is 10.8. The number of hydrogen-bond acceptors (Lipinski definition) is 3. The molecule has 0 bridgehead atoms. The summed E-state index contributed by atoms with van der Waals surface area (Å²) >= 11 is 0. The zero-order valence-corrected chi connectivity index (χ0v) is 10.8. The lowest BCUT2D eigenvalue weighted by Gasteiger charge is -2.05. The van der Waals surface area contributed by atoms with Gasteiger partial charge in [-0.05, 0) is 18.2 Å². The minimum absolute atomic E-state index is 0.0675. The summed E-state index contributed by atoms with van der Waals surface area (Å²) in [6.07, 6.45) is 2.68. The van der Waals surface area contributed by atoms with Crippen LogP contribution in [-0.4, -0.2) is 22.6 Å². The minimum Gasteiger partial charge on any atom is -0.384 e. The number of aliphatic hydroxyl groups is 1. The van der Waals surface area contributed by atoms with E-state index in [4.69, 9.17) is 5.11 Å². The molecule has 1 aromatic heterocycles. The van der Waals surface area contributed by atoms with Crippen molar-refractivity contribution in [2.45, 2.75) is 0 Å². The molecular weight excluding hydrogens is 275 g/mol. The van der Waals surface area contributed by atoms with E-state index in [1.807, 2.05) is 0 Å². The fourth-order valence-electron chi connectivity index (χ4n) is 1.62. The number of H-pyrrole nitrogens is 1. The molecule has 3 N–H and O–H groups in total. The van der Waals surface area contributed by atoms with Gasteiger partial charge in [0.05, 0.1) is 5.56 Å². The second-order valence-corrected chi connectivity index (χ2v) is 4.03.